The third-order valence-corrected chi connectivity index (χ3v) is 10.3. The molecular weight excluding hydrogens is 791 g/mol. The zero-order valence-corrected chi connectivity index (χ0v) is 31.4. The molecule has 6 aromatic rings. The van der Waals surface area contributed by atoms with Gasteiger partial charge in [0.05, 0.1) is 16.0 Å². The first kappa shape index (κ1) is 36.2. The van der Waals surface area contributed by atoms with Crippen molar-refractivity contribution in [1.29, 1.82) is 0 Å². The van der Waals surface area contributed by atoms with Crippen molar-refractivity contribution in [2.24, 2.45) is 0 Å². The Morgan fingerprint density at radius 3 is 2.37 bits per heavy atom. The van der Waals surface area contributed by atoms with E-state index in [9.17, 15) is 14.4 Å². The first-order valence-corrected chi connectivity index (χ1v) is 18.7. The summed E-state index contributed by atoms with van der Waals surface area (Å²) < 4.78 is 6.94. The summed E-state index contributed by atoms with van der Waals surface area (Å²) in [6.07, 6.45) is 1.48. The van der Waals surface area contributed by atoms with Gasteiger partial charge >= 0.3 is 0 Å². The molecule has 3 N–H and O–H groups in total. The van der Waals surface area contributed by atoms with Crippen LogP contribution in [0.1, 0.15) is 23.0 Å². The largest absolute Gasteiger partial charge is 0.457 e. The summed E-state index contributed by atoms with van der Waals surface area (Å²) in [5.74, 6) is -0.216. The van der Waals surface area contributed by atoms with Crippen molar-refractivity contribution in [3.63, 3.8) is 0 Å². The quantitative estimate of drug-likeness (QED) is 0.0886. The molecule has 0 bridgehead atoms. The third kappa shape index (κ3) is 9.57. The van der Waals surface area contributed by atoms with Crippen LogP contribution in [-0.2, 0) is 9.59 Å². The van der Waals surface area contributed by atoms with E-state index in [2.05, 4.69) is 36.9 Å². The van der Waals surface area contributed by atoms with E-state index in [-0.39, 0.29) is 11.6 Å². The van der Waals surface area contributed by atoms with Gasteiger partial charge in [-0.05, 0) is 85.8 Å². The maximum absolute atomic E-state index is 13.5. The summed E-state index contributed by atoms with van der Waals surface area (Å²) in [4.78, 5) is 44.9. The molecule has 0 radical (unpaired) electrons. The van der Waals surface area contributed by atoms with Crippen LogP contribution in [0.5, 0.6) is 0 Å². The number of furan rings is 1. The molecule has 1 atom stereocenters. The standard InChI is InChI=1S/C38H27BrCl2N4O4S2/c1-22(35(46)45-38-44-33(21-50-38)30-17-11-26(40)19-31(30)41)51-29-15-12-27(13-16-29)42-37(48)32(43-36(47)24-5-3-2-4-6-24)20-28-14-18-34(49-28)23-7-9-25(39)10-8-23/h2-22H,1H3,(H,42,48)(H,43,47)(H,44,45,46)/b32-20-. The number of hydrogen-bond donors (Lipinski definition) is 3. The Kier molecular flexibility index (Phi) is 11.8. The van der Waals surface area contributed by atoms with Crippen molar-refractivity contribution < 1.29 is 18.8 Å². The second-order valence-corrected chi connectivity index (χ2v) is 15.0. The van der Waals surface area contributed by atoms with E-state index >= 15 is 0 Å². The van der Waals surface area contributed by atoms with Crippen LogP contribution in [0.2, 0.25) is 10.0 Å². The van der Waals surface area contributed by atoms with Crippen molar-refractivity contribution in [2.75, 3.05) is 10.6 Å². The minimum Gasteiger partial charge on any atom is -0.457 e. The van der Waals surface area contributed by atoms with Gasteiger partial charge in [-0.3, -0.25) is 14.4 Å². The molecule has 13 heteroatoms. The van der Waals surface area contributed by atoms with Crippen LogP contribution in [0.4, 0.5) is 10.8 Å². The number of aromatic nitrogens is 1. The summed E-state index contributed by atoms with van der Waals surface area (Å²) in [5, 5.41) is 11.3. The lowest BCUT2D eigenvalue weighted by Crippen LogP contribution is -2.30. The first-order valence-electron chi connectivity index (χ1n) is 15.3. The fourth-order valence-electron chi connectivity index (χ4n) is 4.72. The Morgan fingerprint density at radius 2 is 1.65 bits per heavy atom. The molecule has 8 nitrogen and oxygen atoms in total. The molecule has 2 aromatic heterocycles. The van der Waals surface area contributed by atoms with Crippen LogP contribution >= 0.6 is 62.2 Å². The number of hydrogen-bond acceptors (Lipinski definition) is 7. The van der Waals surface area contributed by atoms with Gasteiger partial charge in [-0.1, -0.05) is 69.5 Å². The number of thioether (sulfide) groups is 1. The fraction of sp³-hybridized carbons (Fsp3) is 0.0526. The zero-order valence-electron chi connectivity index (χ0n) is 26.7. The molecule has 0 saturated carbocycles. The molecule has 0 aliphatic carbocycles. The SMILES string of the molecule is CC(Sc1ccc(NC(=O)/C(=C/c2ccc(-c3ccc(Br)cc3)o2)NC(=O)c2ccccc2)cc1)C(=O)Nc1nc(-c2ccc(Cl)cc2Cl)cs1. The van der Waals surface area contributed by atoms with E-state index in [0.29, 0.717) is 43.6 Å². The highest BCUT2D eigenvalue weighted by molar-refractivity contribution is 9.10. The predicted octanol–water partition coefficient (Wildman–Crippen LogP) is 10.7. The Labute approximate surface area is 320 Å². The highest BCUT2D eigenvalue weighted by Crippen LogP contribution is 2.33. The molecule has 256 valence electrons. The lowest BCUT2D eigenvalue weighted by Gasteiger charge is -2.13. The topological polar surface area (TPSA) is 113 Å². The summed E-state index contributed by atoms with van der Waals surface area (Å²) in [6, 6.07) is 32.0. The molecular formula is C38H27BrCl2N4O4S2. The molecule has 2 heterocycles. The number of amides is 3. The van der Waals surface area contributed by atoms with Gasteiger partial charge in [0.15, 0.2) is 5.13 Å². The van der Waals surface area contributed by atoms with Gasteiger partial charge in [0.2, 0.25) is 5.91 Å². The average Bonchev–Trinajstić information content (AvgIpc) is 3.79. The van der Waals surface area contributed by atoms with Crippen LogP contribution in [-0.4, -0.2) is 28.0 Å². The van der Waals surface area contributed by atoms with E-state index < -0.39 is 17.1 Å². The number of nitrogens with zero attached hydrogens (tertiary/aromatic N) is 1. The molecule has 6 rings (SSSR count). The van der Waals surface area contributed by atoms with Gasteiger partial charge in [-0.2, -0.15) is 0 Å². The number of benzene rings is 4. The average molecular weight is 819 g/mol. The molecule has 4 aromatic carbocycles. The summed E-state index contributed by atoms with van der Waals surface area (Å²) in [5.41, 5.74) is 3.11. The number of thiazole rings is 1. The van der Waals surface area contributed by atoms with Gasteiger partial charge in [0.25, 0.3) is 11.8 Å². The third-order valence-electron chi connectivity index (χ3n) is 7.31. The summed E-state index contributed by atoms with van der Waals surface area (Å²) >= 11 is 18.4. The molecule has 51 heavy (non-hydrogen) atoms. The van der Waals surface area contributed by atoms with Gasteiger partial charge < -0.3 is 20.4 Å². The zero-order chi connectivity index (χ0) is 35.9. The molecule has 0 aliphatic rings. The Balaban J connectivity index is 1.11. The molecule has 1 unspecified atom stereocenters. The van der Waals surface area contributed by atoms with Crippen LogP contribution in [0.15, 0.2) is 134 Å². The van der Waals surface area contributed by atoms with Crippen LogP contribution in [0.3, 0.4) is 0 Å². The van der Waals surface area contributed by atoms with Gasteiger partial charge in [-0.15, -0.1) is 23.1 Å². The van der Waals surface area contributed by atoms with E-state index in [0.717, 1.165) is 20.5 Å². The lowest BCUT2D eigenvalue weighted by molar-refractivity contribution is -0.115. The monoisotopic (exact) mass is 816 g/mol. The highest BCUT2D eigenvalue weighted by Gasteiger charge is 2.19. The normalized spacial score (nSPS) is 11.9. The molecule has 3 amide bonds. The number of carbonyl (C=O) groups is 3. The number of halogens is 3. The molecule has 0 fully saturated rings. The summed E-state index contributed by atoms with van der Waals surface area (Å²) in [6.45, 7) is 1.80. The predicted molar refractivity (Wildman–Crippen MR) is 210 cm³/mol. The van der Waals surface area contributed by atoms with Crippen LogP contribution in [0, 0.1) is 0 Å². The fourth-order valence-corrected chi connectivity index (χ4v) is 7.07. The number of carbonyl (C=O) groups excluding carboxylic acids is 3. The van der Waals surface area contributed by atoms with Crippen LogP contribution < -0.4 is 16.0 Å². The lowest BCUT2D eigenvalue weighted by atomic mass is 10.2. The minimum atomic E-state index is -0.545. The number of nitrogens with one attached hydrogen (secondary N) is 3. The smallest absolute Gasteiger partial charge is 0.272 e. The van der Waals surface area contributed by atoms with E-state index in [1.807, 2.05) is 29.6 Å². The maximum atomic E-state index is 13.5. The van der Waals surface area contributed by atoms with Crippen molar-refractivity contribution >= 4 is 96.8 Å². The molecule has 0 aliphatic heterocycles. The van der Waals surface area contributed by atoms with Gasteiger partial charge in [-0.25, -0.2) is 4.98 Å². The molecule has 0 saturated heterocycles. The van der Waals surface area contributed by atoms with E-state index in [1.165, 1.54) is 29.2 Å². The molecule has 0 spiro atoms. The van der Waals surface area contributed by atoms with Crippen LogP contribution in [0.25, 0.3) is 28.7 Å². The van der Waals surface area contributed by atoms with Crippen molar-refractivity contribution in [2.45, 2.75) is 17.1 Å². The van der Waals surface area contributed by atoms with E-state index in [1.54, 1.807) is 91.9 Å². The number of anilines is 2. The minimum absolute atomic E-state index is 0.00650. The number of rotatable bonds is 11. The highest BCUT2D eigenvalue weighted by atomic mass is 79.9. The Morgan fingerprint density at radius 1 is 0.902 bits per heavy atom. The second kappa shape index (κ2) is 16.6. The van der Waals surface area contributed by atoms with Gasteiger partial charge in [0, 0.05) is 48.2 Å². The van der Waals surface area contributed by atoms with Crippen molar-refractivity contribution in [3.8, 4) is 22.6 Å². The van der Waals surface area contributed by atoms with E-state index in [4.69, 9.17) is 27.6 Å². The van der Waals surface area contributed by atoms with Crippen molar-refractivity contribution in [1.82, 2.24) is 10.3 Å². The maximum Gasteiger partial charge on any atom is 0.272 e. The second-order valence-electron chi connectivity index (χ2n) is 11.0. The Hall–Kier alpha value is -4.65. The van der Waals surface area contributed by atoms with Gasteiger partial charge in [0.1, 0.15) is 17.2 Å². The Bertz CT molecular complexity index is 2220. The summed E-state index contributed by atoms with van der Waals surface area (Å²) in [7, 11) is 0. The first-order chi connectivity index (χ1) is 24.6. The van der Waals surface area contributed by atoms with Crippen molar-refractivity contribution in [3.05, 3.63) is 146 Å².